The van der Waals surface area contributed by atoms with E-state index in [4.69, 9.17) is 5.73 Å². The molecule has 0 spiro atoms. The lowest BCUT2D eigenvalue weighted by Gasteiger charge is -2.26. The molecule has 1 aliphatic rings. The smallest absolute Gasteiger partial charge is 0.220 e. The van der Waals surface area contributed by atoms with Gasteiger partial charge in [0.15, 0.2) is 0 Å². The third kappa shape index (κ3) is 6.29. The molecule has 0 saturated carbocycles. The number of amides is 1. The lowest BCUT2D eigenvalue weighted by molar-refractivity contribution is -0.122. The summed E-state index contributed by atoms with van der Waals surface area (Å²) in [5, 5.41) is 2.99. The first-order valence-electron chi connectivity index (χ1n) is 6.53. The molecule has 0 aromatic rings. The van der Waals surface area contributed by atoms with Gasteiger partial charge in [0, 0.05) is 44.1 Å². The van der Waals surface area contributed by atoms with E-state index >= 15 is 0 Å². The van der Waals surface area contributed by atoms with E-state index in [1.165, 1.54) is 11.5 Å². The summed E-state index contributed by atoms with van der Waals surface area (Å²) >= 11 is 2.01. The first-order chi connectivity index (χ1) is 8.26. The second-order valence-corrected chi connectivity index (χ2v) is 5.74. The highest BCUT2D eigenvalue weighted by Gasteiger charge is 2.12. The molecule has 3 N–H and O–H groups in total. The molecule has 1 aliphatic heterocycles. The molecule has 5 heteroatoms. The molecule has 1 unspecified atom stereocenters. The number of hydrogen-bond donors (Lipinski definition) is 2. The van der Waals surface area contributed by atoms with Gasteiger partial charge in [-0.2, -0.15) is 11.8 Å². The Bertz CT molecular complexity index is 216. The van der Waals surface area contributed by atoms with E-state index in [0.717, 1.165) is 32.6 Å². The topological polar surface area (TPSA) is 58.4 Å². The van der Waals surface area contributed by atoms with Gasteiger partial charge in [0.05, 0.1) is 0 Å². The monoisotopic (exact) mass is 259 g/mol. The molecule has 0 aromatic heterocycles. The van der Waals surface area contributed by atoms with Crippen LogP contribution in [0.15, 0.2) is 0 Å². The first kappa shape index (κ1) is 14.8. The average Bonchev–Trinajstić information content (AvgIpc) is 2.37. The summed E-state index contributed by atoms with van der Waals surface area (Å²) in [6.07, 6.45) is 1.55. The van der Waals surface area contributed by atoms with Crippen molar-refractivity contribution < 1.29 is 4.79 Å². The maximum atomic E-state index is 11.6. The van der Waals surface area contributed by atoms with Crippen LogP contribution < -0.4 is 11.1 Å². The van der Waals surface area contributed by atoms with Crippen molar-refractivity contribution in [2.45, 2.75) is 19.8 Å². The predicted octanol–water partition coefficient (Wildman–Crippen LogP) is 0.526. The zero-order valence-electron chi connectivity index (χ0n) is 10.8. The van der Waals surface area contributed by atoms with E-state index in [0.29, 0.717) is 18.9 Å². The molecular formula is C12H25N3OS. The van der Waals surface area contributed by atoms with Gasteiger partial charge in [-0.3, -0.25) is 9.69 Å². The Morgan fingerprint density at radius 1 is 1.47 bits per heavy atom. The summed E-state index contributed by atoms with van der Waals surface area (Å²) in [6, 6.07) is 0. The van der Waals surface area contributed by atoms with Crippen LogP contribution in [0, 0.1) is 5.92 Å². The van der Waals surface area contributed by atoms with E-state index in [1.54, 1.807) is 0 Å². The molecule has 17 heavy (non-hydrogen) atoms. The SMILES string of the molecule is CCC(CN)CC(=O)NCCN1CCSCC1. The number of carbonyl (C=O) groups excluding carboxylic acids is 1. The van der Waals surface area contributed by atoms with Gasteiger partial charge in [-0.1, -0.05) is 13.3 Å². The molecule has 1 saturated heterocycles. The number of rotatable bonds is 7. The summed E-state index contributed by atoms with van der Waals surface area (Å²) in [4.78, 5) is 14.0. The Hall–Kier alpha value is -0.260. The van der Waals surface area contributed by atoms with Crippen LogP contribution in [0.25, 0.3) is 0 Å². The van der Waals surface area contributed by atoms with Crippen LogP contribution in [0.4, 0.5) is 0 Å². The Kier molecular flexibility index (Phi) is 7.64. The Morgan fingerprint density at radius 2 is 2.18 bits per heavy atom. The Morgan fingerprint density at radius 3 is 2.76 bits per heavy atom. The summed E-state index contributed by atoms with van der Waals surface area (Å²) in [5.41, 5.74) is 5.59. The van der Waals surface area contributed by atoms with E-state index < -0.39 is 0 Å². The van der Waals surface area contributed by atoms with Crippen LogP contribution in [0.1, 0.15) is 19.8 Å². The van der Waals surface area contributed by atoms with Gasteiger partial charge in [-0.25, -0.2) is 0 Å². The van der Waals surface area contributed by atoms with Crippen molar-refractivity contribution in [1.82, 2.24) is 10.2 Å². The summed E-state index contributed by atoms with van der Waals surface area (Å²) < 4.78 is 0. The minimum absolute atomic E-state index is 0.147. The van der Waals surface area contributed by atoms with Crippen LogP contribution >= 0.6 is 11.8 Å². The van der Waals surface area contributed by atoms with Crippen LogP contribution in [-0.4, -0.2) is 55.0 Å². The molecule has 1 amide bonds. The third-order valence-corrected chi connectivity index (χ3v) is 4.18. The maximum Gasteiger partial charge on any atom is 0.220 e. The van der Waals surface area contributed by atoms with Gasteiger partial charge in [-0.05, 0) is 12.5 Å². The standard InChI is InChI=1S/C12H25N3OS/c1-2-11(10-13)9-12(16)14-3-4-15-5-7-17-8-6-15/h11H,2-10,13H2,1H3,(H,14,16). The third-order valence-electron chi connectivity index (χ3n) is 3.24. The molecule has 0 bridgehead atoms. The summed E-state index contributed by atoms with van der Waals surface area (Å²) in [5.74, 6) is 2.92. The van der Waals surface area contributed by atoms with E-state index in [1.807, 2.05) is 11.8 Å². The van der Waals surface area contributed by atoms with Crippen LogP contribution in [0.3, 0.4) is 0 Å². The number of nitrogens with one attached hydrogen (secondary N) is 1. The second-order valence-electron chi connectivity index (χ2n) is 4.52. The Balaban J connectivity index is 2.06. The zero-order chi connectivity index (χ0) is 12.5. The van der Waals surface area contributed by atoms with Crippen LogP contribution in [0.5, 0.6) is 0 Å². The number of carbonyl (C=O) groups is 1. The minimum atomic E-state index is 0.147. The van der Waals surface area contributed by atoms with Gasteiger partial charge in [0.25, 0.3) is 0 Å². The van der Waals surface area contributed by atoms with Crippen molar-refractivity contribution in [3.63, 3.8) is 0 Å². The normalized spacial score (nSPS) is 18.9. The summed E-state index contributed by atoms with van der Waals surface area (Å²) in [7, 11) is 0. The lowest BCUT2D eigenvalue weighted by atomic mass is 10.0. The molecule has 0 aromatic carbocycles. The van der Waals surface area contributed by atoms with Gasteiger partial charge >= 0.3 is 0 Å². The zero-order valence-corrected chi connectivity index (χ0v) is 11.6. The summed E-state index contributed by atoms with van der Waals surface area (Å²) in [6.45, 7) is 6.74. The molecule has 1 atom stereocenters. The molecule has 1 heterocycles. The Labute approximate surface area is 109 Å². The molecule has 0 radical (unpaired) electrons. The van der Waals surface area contributed by atoms with Gasteiger partial charge in [0.1, 0.15) is 0 Å². The second kappa shape index (κ2) is 8.78. The van der Waals surface area contributed by atoms with Crippen LogP contribution in [0.2, 0.25) is 0 Å². The highest BCUT2D eigenvalue weighted by Crippen LogP contribution is 2.08. The van der Waals surface area contributed by atoms with Crippen LogP contribution in [-0.2, 0) is 4.79 Å². The van der Waals surface area contributed by atoms with Gasteiger partial charge in [0.2, 0.25) is 5.91 Å². The average molecular weight is 259 g/mol. The largest absolute Gasteiger partial charge is 0.355 e. The number of nitrogens with two attached hydrogens (primary N) is 1. The highest BCUT2D eigenvalue weighted by molar-refractivity contribution is 7.99. The fraction of sp³-hybridized carbons (Fsp3) is 0.917. The van der Waals surface area contributed by atoms with Crippen molar-refractivity contribution >= 4 is 17.7 Å². The van der Waals surface area contributed by atoms with Crippen molar-refractivity contribution in [2.24, 2.45) is 11.7 Å². The van der Waals surface area contributed by atoms with Crippen molar-refractivity contribution in [3.05, 3.63) is 0 Å². The maximum absolute atomic E-state index is 11.6. The molecule has 100 valence electrons. The lowest BCUT2D eigenvalue weighted by Crippen LogP contribution is -2.39. The molecule has 4 nitrogen and oxygen atoms in total. The van der Waals surface area contributed by atoms with Crippen molar-refractivity contribution in [1.29, 1.82) is 0 Å². The van der Waals surface area contributed by atoms with Crippen molar-refractivity contribution in [3.8, 4) is 0 Å². The number of thioether (sulfide) groups is 1. The van der Waals surface area contributed by atoms with Gasteiger partial charge < -0.3 is 11.1 Å². The molecular weight excluding hydrogens is 234 g/mol. The predicted molar refractivity (Wildman–Crippen MR) is 74.2 cm³/mol. The molecule has 0 aliphatic carbocycles. The fourth-order valence-electron chi connectivity index (χ4n) is 1.91. The molecule has 1 rings (SSSR count). The number of nitrogens with zero attached hydrogens (tertiary/aromatic N) is 1. The number of hydrogen-bond acceptors (Lipinski definition) is 4. The molecule has 1 fully saturated rings. The minimum Gasteiger partial charge on any atom is -0.355 e. The highest BCUT2D eigenvalue weighted by atomic mass is 32.2. The van der Waals surface area contributed by atoms with Crippen molar-refractivity contribution in [2.75, 3.05) is 44.2 Å². The van der Waals surface area contributed by atoms with E-state index in [-0.39, 0.29) is 5.91 Å². The quantitative estimate of drug-likeness (QED) is 0.700. The van der Waals surface area contributed by atoms with Gasteiger partial charge in [-0.15, -0.1) is 0 Å². The first-order valence-corrected chi connectivity index (χ1v) is 7.68. The van der Waals surface area contributed by atoms with E-state index in [2.05, 4.69) is 17.1 Å². The van der Waals surface area contributed by atoms with E-state index in [9.17, 15) is 4.79 Å². The fourth-order valence-corrected chi connectivity index (χ4v) is 2.89.